The van der Waals surface area contributed by atoms with E-state index < -0.39 is 0 Å². The van der Waals surface area contributed by atoms with Crippen molar-refractivity contribution in [3.05, 3.63) is 65.2 Å². The number of carbonyl (C=O) groups excluding carboxylic acids is 1. The molecule has 0 saturated carbocycles. The van der Waals surface area contributed by atoms with Crippen molar-refractivity contribution in [1.82, 2.24) is 5.32 Å². The van der Waals surface area contributed by atoms with Gasteiger partial charge in [-0.25, -0.2) is 0 Å². The highest BCUT2D eigenvalue weighted by Crippen LogP contribution is 2.11. The third kappa shape index (κ3) is 4.90. The Bertz CT molecular complexity index is 608. The molecule has 0 bridgehead atoms. The predicted molar refractivity (Wildman–Crippen MR) is 86.2 cm³/mol. The van der Waals surface area contributed by atoms with Gasteiger partial charge < -0.3 is 14.8 Å². The smallest absolute Gasteiger partial charge is 0.251 e. The van der Waals surface area contributed by atoms with Crippen molar-refractivity contribution >= 4 is 5.91 Å². The van der Waals surface area contributed by atoms with E-state index >= 15 is 0 Å². The van der Waals surface area contributed by atoms with Gasteiger partial charge >= 0.3 is 0 Å². The highest BCUT2D eigenvalue weighted by molar-refractivity contribution is 5.94. The number of carbonyl (C=O) groups is 1. The Morgan fingerprint density at radius 2 is 1.91 bits per heavy atom. The molecular weight excluding hydrogens is 278 g/mol. The highest BCUT2D eigenvalue weighted by atomic mass is 16.5. The molecule has 2 aromatic carbocycles. The molecule has 1 N–H and O–H groups in total. The minimum absolute atomic E-state index is 0.106. The van der Waals surface area contributed by atoms with Crippen molar-refractivity contribution in [3.8, 4) is 5.75 Å². The van der Waals surface area contributed by atoms with E-state index in [-0.39, 0.29) is 5.91 Å². The molecule has 0 atom stereocenters. The Balaban J connectivity index is 1.77. The number of benzene rings is 2. The Labute approximate surface area is 131 Å². The Morgan fingerprint density at radius 1 is 1.14 bits per heavy atom. The fraction of sp³-hybridized carbons (Fsp3) is 0.278. The standard InChI is InChI=1S/C18H21NO3/c1-14-6-8-17(9-7-14)22-11-10-19-18(20)16-5-3-4-15(12-16)13-21-2/h3-9,12H,10-11,13H2,1-2H3,(H,19,20). The van der Waals surface area contributed by atoms with Gasteiger partial charge in [-0.1, -0.05) is 29.8 Å². The maximum absolute atomic E-state index is 12.0. The summed E-state index contributed by atoms with van der Waals surface area (Å²) in [6.45, 7) is 3.42. The van der Waals surface area contributed by atoms with Crippen molar-refractivity contribution in [1.29, 1.82) is 0 Å². The first-order valence-electron chi connectivity index (χ1n) is 7.24. The molecule has 116 valence electrons. The van der Waals surface area contributed by atoms with Crippen molar-refractivity contribution in [2.75, 3.05) is 20.3 Å². The molecule has 1 amide bonds. The van der Waals surface area contributed by atoms with Crippen LogP contribution in [0.1, 0.15) is 21.5 Å². The minimum Gasteiger partial charge on any atom is -0.492 e. The topological polar surface area (TPSA) is 47.6 Å². The van der Waals surface area contributed by atoms with Gasteiger partial charge in [-0.05, 0) is 36.8 Å². The second-order valence-electron chi connectivity index (χ2n) is 5.05. The molecular formula is C18H21NO3. The molecule has 0 radical (unpaired) electrons. The van der Waals surface area contributed by atoms with E-state index in [4.69, 9.17) is 9.47 Å². The van der Waals surface area contributed by atoms with Crippen LogP contribution in [0.4, 0.5) is 0 Å². The van der Waals surface area contributed by atoms with Crippen LogP contribution in [0.25, 0.3) is 0 Å². The van der Waals surface area contributed by atoms with E-state index in [1.165, 1.54) is 5.56 Å². The first-order valence-corrected chi connectivity index (χ1v) is 7.24. The summed E-state index contributed by atoms with van der Waals surface area (Å²) in [5.74, 6) is 0.701. The van der Waals surface area contributed by atoms with Crippen LogP contribution in [0, 0.1) is 6.92 Å². The third-order valence-corrected chi connectivity index (χ3v) is 3.18. The third-order valence-electron chi connectivity index (χ3n) is 3.18. The molecule has 2 rings (SSSR count). The van der Waals surface area contributed by atoms with Crippen LogP contribution in [-0.2, 0) is 11.3 Å². The lowest BCUT2D eigenvalue weighted by molar-refractivity contribution is 0.0946. The number of aryl methyl sites for hydroxylation is 1. The molecule has 0 fully saturated rings. The summed E-state index contributed by atoms with van der Waals surface area (Å²) in [4.78, 5) is 12.0. The molecule has 0 heterocycles. The van der Waals surface area contributed by atoms with E-state index in [9.17, 15) is 4.79 Å². The average Bonchev–Trinajstić information content (AvgIpc) is 2.53. The molecule has 4 nitrogen and oxygen atoms in total. The van der Waals surface area contributed by atoms with Crippen molar-refractivity contribution in [3.63, 3.8) is 0 Å². The van der Waals surface area contributed by atoms with Gasteiger partial charge in [-0.2, -0.15) is 0 Å². The van der Waals surface area contributed by atoms with E-state index in [2.05, 4.69) is 5.32 Å². The van der Waals surface area contributed by atoms with E-state index in [0.29, 0.717) is 25.3 Å². The SMILES string of the molecule is COCc1cccc(C(=O)NCCOc2ccc(C)cc2)c1. The monoisotopic (exact) mass is 299 g/mol. The molecule has 0 unspecified atom stereocenters. The summed E-state index contributed by atoms with van der Waals surface area (Å²) in [6.07, 6.45) is 0. The molecule has 0 aromatic heterocycles. The molecule has 0 saturated heterocycles. The fourth-order valence-corrected chi connectivity index (χ4v) is 2.04. The van der Waals surface area contributed by atoms with Crippen molar-refractivity contribution < 1.29 is 14.3 Å². The normalized spacial score (nSPS) is 10.3. The number of methoxy groups -OCH3 is 1. The summed E-state index contributed by atoms with van der Waals surface area (Å²) >= 11 is 0. The number of rotatable bonds is 7. The fourth-order valence-electron chi connectivity index (χ4n) is 2.04. The highest BCUT2D eigenvalue weighted by Gasteiger charge is 2.05. The maximum atomic E-state index is 12.0. The van der Waals surface area contributed by atoms with Gasteiger partial charge in [0, 0.05) is 12.7 Å². The molecule has 0 aliphatic carbocycles. The van der Waals surface area contributed by atoms with E-state index in [0.717, 1.165) is 11.3 Å². The zero-order valence-corrected chi connectivity index (χ0v) is 13.0. The predicted octanol–water partition coefficient (Wildman–Crippen LogP) is 2.95. The quantitative estimate of drug-likeness (QED) is 0.800. The first-order chi connectivity index (χ1) is 10.7. The van der Waals surface area contributed by atoms with Gasteiger partial charge in [0.1, 0.15) is 12.4 Å². The van der Waals surface area contributed by atoms with Crippen LogP contribution in [-0.4, -0.2) is 26.2 Å². The Morgan fingerprint density at radius 3 is 2.64 bits per heavy atom. The van der Waals surface area contributed by atoms with Gasteiger partial charge in [0.05, 0.1) is 13.2 Å². The largest absolute Gasteiger partial charge is 0.492 e. The molecule has 22 heavy (non-hydrogen) atoms. The summed E-state index contributed by atoms with van der Waals surface area (Å²) in [6, 6.07) is 15.2. The van der Waals surface area contributed by atoms with Crippen molar-refractivity contribution in [2.45, 2.75) is 13.5 Å². The zero-order valence-electron chi connectivity index (χ0n) is 13.0. The second-order valence-corrected chi connectivity index (χ2v) is 5.05. The van der Waals surface area contributed by atoms with Crippen LogP contribution in [0.3, 0.4) is 0 Å². The zero-order chi connectivity index (χ0) is 15.8. The first kappa shape index (κ1) is 16.0. The molecule has 0 aliphatic heterocycles. The molecule has 4 heteroatoms. The van der Waals surface area contributed by atoms with Crippen LogP contribution < -0.4 is 10.1 Å². The van der Waals surface area contributed by atoms with Gasteiger partial charge in [0.2, 0.25) is 0 Å². The maximum Gasteiger partial charge on any atom is 0.251 e. The van der Waals surface area contributed by atoms with Crippen molar-refractivity contribution in [2.24, 2.45) is 0 Å². The van der Waals surface area contributed by atoms with Crippen LogP contribution in [0.15, 0.2) is 48.5 Å². The van der Waals surface area contributed by atoms with Gasteiger partial charge in [-0.15, -0.1) is 0 Å². The molecule has 0 aliphatic rings. The average molecular weight is 299 g/mol. The number of nitrogens with one attached hydrogen (secondary N) is 1. The lowest BCUT2D eigenvalue weighted by Crippen LogP contribution is -2.28. The Hall–Kier alpha value is -2.33. The number of hydrogen-bond acceptors (Lipinski definition) is 3. The van der Waals surface area contributed by atoms with E-state index in [1.807, 2.05) is 49.4 Å². The Kier molecular flexibility index (Phi) is 5.98. The number of hydrogen-bond donors (Lipinski definition) is 1. The molecule has 0 spiro atoms. The molecule has 2 aromatic rings. The van der Waals surface area contributed by atoms with Gasteiger partial charge in [0.25, 0.3) is 5.91 Å². The summed E-state index contributed by atoms with van der Waals surface area (Å²) in [7, 11) is 1.63. The van der Waals surface area contributed by atoms with Crippen LogP contribution in [0.5, 0.6) is 5.75 Å². The number of ether oxygens (including phenoxy) is 2. The van der Waals surface area contributed by atoms with Crippen LogP contribution in [0.2, 0.25) is 0 Å². The lowest BCUT2D eigenvalue weighted by Gasteiger charge is -2.09. The lowest BCUT2D eigenvalue weighted by atomic mass is 10.1. The van der Waals surface area contributed by atoms with Gasteiger partial charge in [0.15, 0.2) is 0 Å². The summed E-state index contributed by atoms with van der Waals surface area (Å²) < 4.78 is 10.6. The van der Waals surface area contributed by atoms with Crippen LogP contribution >= 0.6 is 0 Å². The van der Waals surface area contributed by atoms with E-state index in [1.54, 1.807) is 13.2 Å². The van der Waals surface area contributed by atoms with Gasteiger partial charge in [-0.3, -0.25) is 4.79 Å². The summed E-state index contributed by atoms with van der Waals surface area (Å²) in [5, 5.41) is 2.85. The summed E-state index contributed by atoms with van der Waals surface area (Å²) in [5.41, 5.74) is 2.80. The minimum atomic E-state index is -0.106. The number of amides is 1. The second kappa shape index (κ2) is 8.20.